The third-order valence-electron chi connectivity index (χ3n) is 3.54. The van der Waals surface area contributed by atoms with Gasteiger partial charge in [-0.05, 0) is 6.07 Å². The molecule has 0 saturated heterocycles. The van der Waals surface area contributed by atoms with Crippen LogP contribution < -0.4 is 0 Å². The number of carbonyl (C=O) groups excluding carboxylic acids is 1. The zero-order chi connectivity index (χ0) is 13.7. The molecule has 20 heavy (non-hydrogen) atoms. The number of ether oxygens (including phenoxy) is 1. The molecule has 0 amide bonds. The number of hydrogen-bond donors (Lipinski definition) is 0. The number of hydrogen-bond acceptors (Lipinski definition) is 4. The van der Waals surface area contributed by atoms with Crippen LogP contribution in [0.4, 0.5) is 0 Å². The first kappa shape index (κ1) is 11.6. The second-order valence-corrected chi connectivity index (χ2v) is 5.05. The van der Waals surface area contributed by atoms with Crippen molar-refractivity contribution in [3.05, 3.63) is 46.7 Å². The van der Waals surface area contributed by atoms with Gasteiger partial charge in [-0.15, -0.1) is 0 Å². The van der Waals surface area contributed by atoms with Crippen LogP contribution in [0.25, 0.3) is 21.8 Å². The van der Waals surface area contributed by atoms with Gasteiger partial charge in [0, 0.05) is 29.0 Å². The van der Waals surface area contributed by atoms with Crippen molar-refractivity contribution in [2.45, 2.75) is 6.42 Å². The summed E-state index contributed by atoms with van der Waals surface area (Å²) in [7, 11) is 0. The van der Waals surface area contributed by atoms with Crippen molar-refractivity contribution < 1.29 is 9.53 Å². The Morgan fingerprint density at radius 2 is 2.10 bits per heavy atom. The van der Waals surface area contributed by atoms with Crippen LogP contribution in [0.2, 0.25) is 5.02 Å². The van der Waals surface area contributed by atoms with Crippen molar-refractivity contribution in [3.63, 3.8) is 0 Å². The molecule has 1 aliphatic heterocycles. The Labute approximate surface area is 119 Å². The Kier molecular flexibility index (Phi) is 2.41. The van der Waals surface area contributed by atoms with Gasteiger partial charge in [-0.1, -0.05) is 29.8 Å². The molecule has 4 rings (SSSR count). The Balaban J connectivity index is 2.20. The van der Waals surface area contributed by atoms with Crippen LogP contribution >= 0.6 is 11.6 Å². The van der Waals surface area contributed by atoms with Gasteiger partial charge in [0.15, 0.2) is 5.69 Å². The summed E-state index contributed by atoms with van der Waals surface area (Å²) in [4.78, 5) is 20.7. The molecule has 0 aliphatic carbocycles. The third kappa shape index (κ3) is 1.51. The van der Waals surface area contributed by atoms with Crippen LogP contribution in [0.1, 0.15) is 16.1 Å². The fraction of sp³-hybridized carbons (Fsp3) is 0.133. The van der Waals surface area contributed by atoms with Gasteiger partial charge in [0.1, 0.15) is 0 Å². The summed E-state index contributed by atoms with van der Waals surface area (Å²) in [6.45, 7) is 0.352. The molecule has 2 aromatic heterocycles. The van der Waals surface area contributed by atoms with E-state index in [2.05, 4.69) is 9.97 Å². The predicted molar refractivity (Wildman–Crippen MR) is 76.0 cm³/mol. The van der Waals surface area contributed by atoms with E-state index in [1.54, 1.807) is 6.20 Å². The zero-order valence-corrected chi connectivity index (χ0v) is 11.1. The Morgan fingerprint density at radius 3 is 3.00 bits per heavy atom. The largest absolute Gasteiger partial charge is 0.461 e. The second kappa shape index (κ2) is 4.15. The first-order valence-corrected chi connectivity index (χ1v) is 6.66. The van der Waals surface area contributed by atoms with E-state index in [1.165, 1.54) is 0 Å². The fourth-order valence-corrected chi connectivity index (χ4v) is 2.91. The lowest BCUT2D eigenvalue weighted by Gasteiger charge is -2.17. The Morgan fingerprint density at radius 1 is 1.20 bits per heavy atom. The number of benzene rings is 1. The molecule has 0 spiro atoms. The molecule has 3 aromatic rings. The van der Waals surface area contributed by atoms with Crippen LogP contribution in [-0.2, 0) is 11.2 Å². The minimum Gasteiger partial charge on any atom is -0.461 e. The van der Waals surface area contributed by atoms with Crippen LogP contribution in [0.3, 0.4) is 0 Å². The first-order chi connectivity index (χ1) is 9.75. The highest BCUT2D eigenvalue weighted by atomic mass is 35.5. The van der Waals surface area contributed by atoms with E-state index >= 15 is 0 Å². The van der Waals surface area contributed by atoms with Crippen molar-refractivity contribution in [1.82, 2.24) is 9.97 Å². The third-order valence-corrected chi connectivity index (χ3v) is 3.97. The Hall–Kier alpha value is -2.20. The zero-order valence-electron chi connectivity index (χ0n) is 10.4. The quantitative estimate of drug-likeness (QED) is 0.470. The van der Waals surface area contributed by atoms with Gasteiger partial charge in [0.2, 0.25) is 0 Å². The molecular weight excluding hydrogens is 276 g/mol. The van der Waals surface area contributed by atoms with Crippen LogP contribution in [0.15, 0.2) is 30.5 Å². The monoisotopic (exact) mass is 284 g/mol. The molecular formula is C15H9ClN2O2. The lowest BCUT2D eigenvalue weighted by Crippen LogP contribution is -2.20. The summed E-state index contributed by atoms with van der Waals surface area (Å²) >= 11 is 6.45. The maximum atomic E-state index is 11.9. The molecule has 4 nitrogen and oxygen atoms in total. The highest BCUT2D eigenvalue weighted by Crippen LogP contribution is 2.33. The first-order valence-electron chi connectivity index (χ1n) is 6.28. The normalized spacial score (nSPS) is 14.3. The van der Waals surface area contributed by atoms with Gasteiger partial charge >= 0.3 is 5.97 Å². The molecule has 0 atom stereocenters. The minimum absolute atomic E-state index is 0.312. The van der Waals surface area contributed by atoms with E-state index in [4.69, 9.17) is 16.3 Å². The van der Waals surface area contributed by atoms with E-state index < -0.39 is 5.97 Å². The van der Waals surface area contributed by atoms with Crippen molar-refractivity contribution in [1.29, 1.82) is 0 Å². The molecule has 0 bridgehead atoms. The van der Waals surface area contributed by atoms with Gasteiger partial charge in [-0.25, -0.2) is 9.78 Å². The average molecular weight is 285 g/mol. The minimum atomic E-state index is -0.414. The highest BCUT2D eigenvalue weighted by Gasteiger charge is 2.25. The van der Waals surface area contributed by atoms with E-state index in [0.717, 1.165) is 21.9 Å². The molecule has 5 heteroatoms. The van der Waals surface area contributed by atoms with Crippen molar-refractivity contribution >= 4 is 39.4 Å². The molecule has 0 radical (unpaired) electrons. The van der Waals surface area contributed by atoms with E-state index in [9.17, 15) is 4.79 Å². The molecule has 0 N–H and O–H groups in total. The SMILES string of the molecule is O=C1OCCc2c1nc1c(ccc3cccnc31)c2Cl. The molecule has 1 aliphatic rings. The standard InChI is InChI=1S/C15H9ClN2O2/c16-11-9-4-3-8-2-1-6-17-12(8)13(9)18-14-10(11)5-7-20-15(14)19/h1-4,6H,5,7H2. The van der Waals surface area contributed by atoms with Crippen molar-refractivity contribution in [2.24, 2.45) is 0 Å². The molecule has 0 saturated carbocycles. The van der Waals surface area contributed by atoms with Gasteiger partial charge in [-0.2, -0.15) is 0 Å². The number of halogens is 1. The van der Waals surface area contributed by atoms with Crippen molar-refractivity contribution in [3.8, 4) is 0 Å². The van der Waals surface area contributed by atoms with Crippen molar-refractivity contribution in [2.75, 3.05) is 6.61 Å². The summed E-state index contributed by atoms with van der Waals surface area (Å²) in [6, 6.07) is 7.71. The number of cyclic esters (lactones) is 1. The lowest BCUT2D eigenvalue weighted by atomic mass is 10.0. The van der Waals surface area contributed by atoms with Gasteiger partial charge < -0.3 is 4.74 Å². The number of esters is 1. The van der Waals surface area contributed by atoms with Gasteiger partial charge in [0.25, 0.3) is 0 Å². The van der Waals surface area contributed by atoms with Gasteiger partial charge in [0.05, 0.1) is 22.7 Å². The molecule has 1 aromatic carbocycles. The van der Waals surface area contributed by atoms with E-state index in [0.29, 0.717) is 29.3 Å². The Bertz CT molecular complexity index is 877. The maximum absolute atomic E-state index is 11.9. The fourth-order valence-electron chi connectivity index (χ4n) is 2.58. The number of pyridine rings is 2. The molecule has 0 fully saturated rings. The van der Waals surface area contributed by atoms with Gasteiger partial charge in [-0.3, -0.25) is 4.98 Å². The number of rotatable bonds is 0. The average Bonchev–Trinajstić information content (AvgIpc) is 2.48. The highest BCUT2D eigenvalue weighted by molar-refractivity contribution is 6.37. The maximum Gasteiger partial charge on any atom is 0.357 e. The summed E-state index contributed by atoms with van der Waals surface area (Å²) in [6.07, 6.45) is 2.30. The number of nitrogens with zero attached hydrogens (tertiary/aromatic N) is 2. The van der Waals surface area contributed by atoms with Crippen LogP contribution in [0.5, 0.6) is 0 Å². The lowest BCUT2D eigenvalue weighted by molar-refractivity contribution is 0.0472. The summed E-state index contributed by atoms with van der Waals surface area (Å²) < 4.78 is 5.04. The number of carbonyl (C=O) groups is 1. The number of aromatic nitrogens is 2. The number of fused-ring (bicyclic) bond motifs is 4. The predicted octanol–water partition coefficient (Wildman–Crippen LogP) is 3.15. The second-order valence-electron chi connectivity index (χ2n) is 4.68. The molecule has 98 valence electrons. The topological polar surface area (TPSA) is 52.1 Å². The van der Waals surface area contributed by atoms with Crippen LogP contribution in [-0.4, -0.2) is 22.5 Å². The smallest absolute Gasteiger partial charge is 0.357 e. The summed E-state index contributed by atoms with van der Waals surface area (Å²) in [5, 5.41) is 2.37. The van der Waals surface area contributed by atoms with E-state index in [1.807, 2.05) is 24.3 Å². The van der Waals surface area contributed by atoms with Crippen LogP contribution in [0, 0.1) is 0 Å². The summed E-state index contributed by atoms with van der Waals surface area (Å²) in [5.41, 5.74) is 2.47. The summed E-state index contributed by atoms with van der Waals surface area (Å²) in [5.74, 6) is -0.414. The molecule has 3 heterocycles. The molecule has 0 unspecified atom stereocenters. The van der Waals surface area contributed by atoms with E-state index in [-0.39, 0.29) is 0 Å².